The van der Waals surface area contributed by atoms with Crippen molar-refractivity contribution in [2.75, 3.05) is 0 Å². The first-order chi connectivity index (χ1) is 9.51. The molecule has 0 atom stereocenters. The molecule has 1 N–H and O–H groups in total. The van der Waals surface area contributed by atoms with Crippen molar-refractivity contribution < 1.29 is 17.2 Å². The van der Waals surface area contributed by atoms with Crippen LogP contribution in [0, 0.1) is 0 Å². The summed E-state index contributed by atoms with van der Waals surface area (Å²) in [4.78, 5) is 0. The minimum atomic E-state index is -4.55. The molecule has 5 heteroatoms. The Morgan fingerprint density at radius 3 is 2.40 bits per heavy atom. The second kappa shape index (κ2) is 5.90. The lowest BCUT2D eigenvalue weighted by atomic mass is 9.97. The number of hydrogen-bond acceptors (Lipinski definition) is 3. The van der Waals surface area contributed by atoms with E-state index in [4.69, 9.17) is 4.55 Å². The van der Waals surface area contributed by atoms with Gasteiger partial charge in [0.1, 0.15) is 5.75 Å². The molecule has 104 valence electrons. The Hall–Kier alpha value is -2.11. The van der Waals surface area contributed by atoms with E-state index in [9.17, 15) is 8.42 Å². The van der Waals surface area contributed by atoms with Gasteiger partial charge < -0.3 is 4.18 Å². The summed E-state index contributed by atoms with van der Waals surface area (Å²) >= 11 is 0. The third kappa shape index (κ3) is 3.46. The zero-order valence-corrected chi connectivity index (χ0v) is 11.5. The monoisotopic (exact) mass is 290 g/mol. The fourth-order valence-electron chi connectivity index (χ4n) is 2.00. The van der Waals surface area contributed by atoms with Gasteiger partial charge in [-0.15, -0.1) is 6.58 Å². The van der Waals surface area contributed by atoms with E-state index in [1.807, 2.05) is 36.4 Å². The molecule has 0 spiro atoms. The van der Waals surface area contributed by atoms with Gasteiger partial charge in [-0.2, -0.15) is 8.42 Å². The van der Waals surface area contributed by atoms with Crippen LogP contribution in [0.2, 0.25) is 0 Å². The van der Waals surface area contributed by atoms with Crippen molar-refractivity contribution in [1.82, 2.24) is 0 Å². The summed E-state index contributed by atoms with van der Waals surface area (Å²) in [6.45, 7) is 3.66. The number of hydrogen-bond donors (Lipinski definition) is 1. The van der Waals surface area contributed by atoms with Crippen molar-refractivity contribution in [3.05, 3.63) is 66.7 Å². The standard InChI is InChI=1S/C15H14O4S/c1-2-7-14-13(12-8-4-3-5-9-12)10-6-11-15(14)19-20(16,17)18/h2-6,8-11H,1,7H2,(H,16,17,18). The van der Waals surface area contributed by atoms with Gasteiger partial charge in [-0.05, 0) is 23.6 Å². The minimum Gasteiger partial charge on any atom is -0.361 e. The highest BCUT2D eigenvalue weighted by Crippen LogP contribution is 2.32. The van der Waals surface area contributed by atoms with Crippen LogP contribution < -0.4 is 4.18 Å². The molecule has 2 aromatic carbocycles. The van der Waals surface area contributed by atoms with Gasteiger partial charge in [0.25, 0.3) is 0 Å². The topological polar surface area (TPSA) is 63.6 Å². The van der Waals surface area contributed by atoms with Gasteiger partial charge in [0.2, 0.25) is 0 Å². The Morgan fingerprint density at radius 2 is 1.80 bits per heavy atom. The third-order valence-electron chi connectivity index (χ3n) is 2.76. The average Bonchev–Trinajstić information content (AvgIpc) is 2.40. The second-order valence-electron chi connectivity index (χ2n) is 4.15. The SMILES string of the molecule is C=CCc1c(OS(=O)(=O)O)cccc1-c1ccccc1. The first-order valence-corrected chi connectivity index (χ1v) is 7.33. The van der Waals surface area contributed by atoms with E-state index in [2.05, 4.69) is 10.8 Å². The highest BCUT2D eigenvalue weighted by molar-refractivity contribution is 7.81. The Balaban J connectivity index is 2.58. The molecule has 0 aliphatic heterocycles. The Morgan fingerprint density at radius 1 is 1.10 bits per heavy atom. The Kier molecular flexibility index (Phi) is 4.22. The molecule has 0 saturated carbocycles. The van der Waals surface area contributed by atoms with Gasteiger partial charge in [0.05, 0.1) is 0 Å². The van der Waals surface area contributed by atoms with Gasteiger partial charge in [-0.25, -0.2) is 0 Å². The van der Waals surface area contributed by atoms with Crippen LogP contribution >= 0.6 is 0 Å². The minimum absolute atomic E-state index is 0.105. The molecule has 0 fully saturated rings. The van der Waals surface area contributed by atoms with Crippen LogP contribution in [-0.2, 0) is 16.8 Å². The van der Waals surface area contributed by atoms with E-state index >= 15 is 0 Å². The molecule has 0 amide bonds. The highest BCUT2D eigenvalue weighted by atomic mass is 32.3. The van der Waals surface area contributed by atoms with Gasteiger partial charge in [0.15, 0.2) is 0 Å². The average molecular weight is 290 g/mol. The summed E-state index contributed by atoms with van der Waals surface area (Å²) in [6.07, 6.45) is 2.08. The number of rotatable bonds is 5. The van der Waals surface area contributed by atoms with Crippen molar-refractivity contribution in [1.29, 1.82) is 0 Å². The fraction of sp³-hybridized carbons (Fsp3) is 0.0667. The van der Waals surface area contributed by atoms with Crippen LogP contribution in [0.15, 0.2) is 61.2 Å². The second-order valence-corrected chi connectivity index (χ2v) is 5.17. The summed E-state index contributed by atoms with van der Waals surface area (Å²) in [5.41, 5.74) is 2.43. The maximum absolute atomic E-state index is 10.9. The lowest BCUT2D eigenvalue weighted by Crippen LogP contribution is -2.08. The number of benzene rings is 2. The Labute approximate surface area is 118 Å². The molecule has 0 heterocycles. The molecule has 2 aromatic rings. The lowest BCUT2D eigenvalue weighted by Gasteiger charge is -2.13. The van der Waals surface area contributed by atoms with Crippen LogP contribution in [0.1, 0.15) is 5.56 Å². The first-order valence-electron chi connectivity index (χ1n) is 5.96. The molecule has 0 radical (unpaired) electrons. The largest absolute Gasteiger partial charge is 0.446 e. The maximum atomic E-state index is 10.9. The Bertz CT molecular complexity index is 706. The molecule has 0 bridgehead atoms. The van der Waals surface area contributed by atoms with E-state index in [1.54, 1.807) is 12.1 Å². The van der Waals surface area contributed by atoms with Crippen molar-refractivity contribution in [2.24, 2.45) is 0 Å². The van der Waals surface area contributed by atoms with E-state index < -0.39 is 10.4 Å². The lowest BCUT2D eigenvalue weighted by molar-refractivity contribution is 0.385. The van der Waals surface area contributed by atoms with Gasteiger partial charge >= 0.3 is 10.4 Å². The fourth-order valence-corrected chi connectivity index (χ4v) is 2.38. The van der Waals surface area contributed by atoms with Gasteiger partial charge in [0, 0.05) is 5.56 Å². The zero-order chi connectivity index (χ0) is 14.6. The molecule has 0 aromatic heterocycles. The predicted molar refractivity (Wildman–Crippen MR) is 78.0 cm³/mol. The first kappa shape index (κ1) is 14.3. The van der Waals surface area contributed by atoms with Crippen LogP contribution in [-0.4, -0.2) is 13.0 Å². The van der Waals surface area contributed by atoms with Crippen molar-refractivity contribution >= 4 is 10.4 Å². The predicted octanol–water partition coefficient (Wildman–Crippen LogP) is 3.26. The van der Waals surface area contributed by atoms with E-state index in [1.165, 1.54) is 6.07 Å². The molecular formula is C15H14O4S. The van der Waals surface area contributed by atoms with Gasteiger partial charge in [-0.1, -0.05) is 48.5 Å². The van der Waals surface area contributed by atoms with Crippen molar-refractivity contribution in [2.45, 2.75) is 6.42 Å². The smallest absolute Gasteiger partial charge is 0.361 e. The highest BCUT2D eigenvalue weighted by Gasteiger charge is 2.14. The maximum Gasteiger partial charge on any atom is 0.446 e. The summed E-state index contributed by atoms with van der Waals surface area (Å²) in [6, 6.07) is 14.6. The van der Waals surface area contributed by atoms with Crippen molar-refractivity contribution in [3.8, 4) is 16.9 Å². The molecule has 20 heavy (non-hydrogen) atoms. The third-order valence-corrected chi connectivity index (χ3v) is 3.15. The molecule has 4 nitrogen and oxygen atoms in total. The van der Waals surface area contributed by atoms with Crippen molar-refractivity contribution in [3.63, 3.8) is 0 Å². The summed E-state index contributed by atoms with van der Waals surface area (Å²) in [5.74, 6) is 0.105. The molecule has 0 saturated heterocycles. The molecule has 2 rings (SSSR count). The molecule has 0 aliphatic carbocycles. The number of allylic oxidation sites excluding steroid dienone is 1. The van der Waals surface area contributed by atoms with E-state index in [0.29, 0.717) is 12.0 Å². The van der Waals surface area contributed by atoms with Crippen LogP contribution in [0.3, 0.4) is 0 Å². The quantitative estimate of drug-likeness (QED) is 0.678. The molecule has 0 aliphatic rings. The molecular weight excluding hydrogens is 276 g/mol. The van der Waals surface area contributed by atoms with Gasteiger partial charge in [-0.3, -0.25) is 4.55 Å². The summed E-state index contributed by atoms with van der Waals surface area (Å²) < 4.78 is 35.3. The summed E-state index contributed by atoms with van der Waals surface area (Å²) in [5, 5.41) is 0. The van der Waals surface area contributed by atoms with Crippen LogP contribution in [0.5, 0.6) is 5.75 Å². The van der Waals surface area contributed by atoms with E-state index in [-0.39, 0.29) is 5.75 Å². The zero-order valence-electron chi connectivity index (χ0n) is 10.7. The van der Waals surface area contributed by atoms with Crippen LogP contribution in [0.4, 0.5) is 0 Å². The normalized spacial score (nSPS) is 11.1. The van der Waals surface area contributed by atoms with E-state index in [0.717, 1.165) is 11.1 Å². The summed E-state index contributed by atoms with van der Waals surface area (Å²) in [7, 11) is -4.55. The molecule has 0 unspecified atom stereocenters. The van der Waals surface area contributed by atoms with Crippen LogP contribution in [0.25, 0.3) is 11.1 Å².